The monoisotopic (exact) mass is 342 g/mol. The molecule has 24 heavy (non-hydrogen) atoms. The van der Waals surface area contributed by atoms with Gasteiger partial charge in [0.1, 0.15) is 0 Å². The van der Waals surface area contributed by atoms with Gasteiger partial charge in [0.25, 0.3) is 5.91 Å². The average molecular weight is 343 g/mol. The van der Waals surface area contributed by atoms with Crippen LogP contribution in [-0.4, -0.2) is 36.0 Å². The Labute approximate surface area is 148 Å². The zero-order chi connectivity index (χ0) is 17.1. The summed E-state index contributed by atoms with van der Waals surface area (Å²) < 4.78 is 0. The number of benzene rings is 1. The molecular formula is C20H26N2OS. The number of amides is 1. The summed E-state index contributed by atoms with van der Waals surface area (Å²) in [6.07, 6.45) is 2.08. The van der Waals surface area contributed by atoms with Gasteiger partial charge in [-0.15, -0.1) is 11.3 Å². The average Bonchev–Trinajstić information content (AvgIpc) is 2.98. The Morgan fingerprint density at radius 1 is 1.21 bits per heavy atom. The number of nitrogens with one attached hydrogen (secondary N) is 1. The molecule has 3 nitrogen and oxygen atoms in total. The molecule has 0 unspecified atom stereocenters. The summed E-state index contributed by atoms with van der Waals surface area (Å²) in [7, 11) is 0. The van der Waals surface area contributed by atoms with Crippen molar-refractivity contribution in [3.05, 3.63) is 46.8 Å². The Bertz CT molecular complexity index is 685. The first kappa shape index (κ1) is 17.2. The van der Waals surface area contributed by atoms with E-state index < -0.39 is 0 Å². The number of carbonyl (C=O) groups excluding carboxylic acids is 1. The van der Waals surface area contributed by atoms with E-state index in [1.165, 1.54) is 16.0 Å². The lowest BCUT2D eigenvalue weighted by Crippen LogP contribution is -2.46. The molecule has 1 aliphatic rings. The minimum absolute atomic E-state index is 0.0771. The lowest BCUT2D eigenvalue weighted by molar-refractivity contribution is 0.0904. The van der Waals surface area contributed by atoms with E-state index >= 15 is 0 Å². The van der Waals surface area contributed by atoms with Crippen molar-refractivity contribution in [2.24, 2.45) is 0 Å². The zero-order valence-corrected chi connectivity index (χ0v) is 15.5. The van der Waals surface area contributed by atoms with Gasteiger partial charge in [0.15, 0.2) is 0 Å². The molecule has 3 rings (SSSR count). The number of piperidine rings is 1. The third-order valence-electron chi connectivity index (χ3n) is 4.77. The summed E-state index contributed by atoms with van der Waals surface area (Å²) in [6, 6.07) is 13.2. The Kier molecular flexibility index (Phi) is 5.36. The molecule has 0 aliphatic carbocycles. The lowest BCUT2D eigenvalue weighted by atomic mass is 10.0. The summed E-state index contributed by atoms with van der Waals surface area (Å²) in [4.78, 5) is 17.1. The number of likely N-dealkylation sites (tertiary alicyclic amines) is 1. The second kappa shape index (κ2) is 7.49. The molecule has 1 fully saturated rings. The van der Waals surface area contributed by atoms with E-state index in [-0.39, 0.29) is 5.91 Å². The molecule has 2 aromatic rings. The van der Waals surface area contributed by atoms with Crippen LogP contribution in [0.3, 0.4) is 0 Å². The third kappa shape index (κ3) is 3.87. The lowest BCUT2D eigenvalue weighted by Gasteiger charge is -2.34. The maximum Gasteiger partial charge on any atom is 0.261 e. The second-order valence-corrected chi connectivity index (χ2v) is 7.92. The maximum absolute atomic E-state index is 12.6. The molecule has 1 aromatic heterocycles. The molecule has 0 saturated carbocycles. The van der Waals surface area contributed by atoms with E-state index in [9.17, 15) is 4.79 Å². The van der Waals surface area contributed by atoms with Gasteiger partial charge in [-0.1, -0.05) is 30.3 Å². The second-order valence-electron chi connectivity index (χ2n) is 6.87. The molecular weight excluding hydrogens is 316 g/mol. The first-order chi connectivity index (χ1) is 11.5. The van der Waals surface area contributed by atoms with Crippen molar-refractivity contribution in [1.29, 1.82) is 0 Å². The summed E-state index contributed by atoms with van der Waals surface area (Å²) in [5.74, 6) is 0.0771. The molecule has 1 amide bonds. The molecule has 4 heteroatoms. The van der Waals surface area contributed by atoms with E-state index in [2.05, 4.69) is 43.1 Å². The number of rotatable bonds is 4. The fraction of sp³-hybridized carbons (Fsp3) is 0.450. The zero-order valence-electron chi connectivity index (χ0n) is 14.7. The molecule has 2 heterocycles. The minimum Gasteiger partial charge on any atom is -0.349 e. The highest BCUT2D eigenvalue weighted by atomic mass is 32.1. The minimum atomic E-state index is 0.0771. The normalized spacial score (nSPS) is 16.5. The first-order valence-corrected chi connectivity index (χ1v) is 9.57. The van der Waals surface area contributed by atoms with Crippen LogP contribution in [0.25, 0.3) is 10.4 Å². The predicted octanol–water partition coefficient (Wildman–Crippen LogP) is 4.33. The Hall–Kier alpha value is -1.65. The number of hydrogen-bond acceptors (Lipinski definition) is 3. The number of thiophene rings is 1. The Balaban J connectivity index is 1.64. The van der Waals surface area contributed by atoms with Crippen LogP contribution in [0.5, 0.6) is 0 Å². The molecule has 128 valence electrons. The topological polar surface area (TPSA) is 32.3 Å². The van der Waals surface area contributed by atoms with Gasteiger partial charge in [0.05, 0.1) is 4.88 Å². The highest BCUT2D eigenvalue weighted by Crippen LogP contribution is 2.32. The van der Waals surface area contributed by atoms with Gasteiger partial charge in [0.2, 0.25) is 0 Å². The van der Waals surface area contributed by atoms with E-state index in [4.69, 9.17) is 0 Å². The SMILES string of the molecule is Cc1cc(C(=O)NC2CCN(C(C)C)CC2)sc1-c1ccccc1. The van der Waals surface area contributed by atoms with Crippen molar-refractivity contribution in [3.8, 4) is 10.4 Å². The highest BCUT2D eigenvalue weighted by Gasteiger charge is 2.23. The van der Waals surface area contributed by atoms with Crippen LogP contribution in [0.1, 0.15) is 41.9 Å². The van der Waals surface area contributed by atoms with Crippen molar-refractivity contribution in [2.45, 2.75) is 45.7 Å². The van der Waals surface area contributed by atoms with Crippen LogP contribution >= 0.6 is 11.3 Å². The van der Waals surface area contributed by atoms with Crippen LogP contribution in [0.2, 0.25) is 0 Å². The molecule has 0 bridgehead atoms. The molecule has 1 aliphatic heterocycles. The van der Waals surface area contributed by atoms with E-state index in [0.717, 1.165) is 30.8 Å². The summed E-state index contributed by atoms with van der Waals surface area (Å²) >= 11 is 1.59. The summed E-state index contributed by atoms with van der Waals surface area (Å²) in [5.41, 5.74) is 2.36. The number of hydrogen-bond donors (Lipinski definition) is 1. The fourth-order valence-electron chi connectivity index (χ4n) is 3.29. The van der Waals surface area contributed by atoms with Gasteiger partial charge < -0.3 is 10.2 Å². The number of aryl methyl sites for hydroxylation is 1. The van der Waals surface area contributed by atoms with Gasteiger partial charge in [-0.05, 0) is 50.8 Å². The van der Waals surface area contributed by atoms with Crippen LogP contribution in [0.4, 0.5) is 0 Å². The maximum atomic E-state index is 12.6. The smallest absolute Gasteiger partial charge is 0.261 e. The van der Waals surface area contributed by atoms with Crippen molar-refractivity contribution in [1.82, 2.24) is 10.2 Å². The first-order valence-electron chi connectivity index (χ1n) is 8.75. The van der Waals surface area contributed by atoms with E-state index in [1.54, 1.807) is 11.3 Å². The van der Waals surface area contributed by atoms with Crippen LogP contribution in [0.15, 0.2) is 36.4 Å². The van der Waals surface area contributed by atoms with Gasteiger partial charge >= 0.3 is 0 Å². The largest absolute Gasteiger partial charge is 0.349 e. The molecule has 0 atom stereocenters. The van der Waals surface area contributed by atoms with Crippen LogP contribution in [0, 0.1) is 6.92 Å². The van der Waals surface area contributed by atoms with Crippen molar-refractivity contribution in [2.75, 3.05) is 13.1 Å². The Morgan fingerprint density at radius 2 is 1.88 bits per heavy atom. The van der Waals surface area contributed by atoms with Crippen LogP contribution < -0.4 is 5.32 Å². The fourth-order valence-corrected chi connectivity index (χ4v) is 4.37. The van der Waals surface area contributed by atoms with Gasteiger partial charge in [-0.2, -0.15) is 0 Å². The van der Waals surface area contributed by atoms with Gasteiger partial charge in [0, 0.05) is 30.1 Å². The van der Waals surface area contributed by atoms with Gasteiger partial charge in [-0.3, -0.25) is 4.79 Å². The van der Waals surface area contributed by atoms with Crippen LogP contribution in [-0.2, 0) is 0 Å². The van der Waals surface area contributed by atoms with Crippen molar-refractivity contribution < 1.29 is 4.79 Å². The summed E-state index contributed by atoms with van der Waals surface area (Å²) in [5, 5.41) is 3.23. The quantitative estimate of drug-likeness (QED) is 0.897. The Morgan fingerprint density at radius 3 is 2.50 bits per heavy atom. The van der Waals surface area contributed by atoms with E-state index in [0.29, 0.717) is 12.1 Å². The van der Waals surface area contributed by atoms with Crippen molar-refractivity contribution >= 4 is 17.2 Å². The highest BCUT2D eigenvalue weighted by molar-refractivity contribution is 7.17. The molecule has 0 radical (unpaired) electrons. The van der Waals surface area contributed by atoms with Gasteiger partial charge in [-0.25, -0.2) is 0 Å². The molecule has 0 spiro atoms. The predicted molar refractivity (Wildman–Crippen MR) is 102 cm³/mol. The van der Waals surface area contributed by atoms with E-state index in [1.807, 2.05) is 24.3 Å². The standard InChI is InChI=1S/C20H26N2OS/c1-14(2)22-11-9-17(10-12-22)21-20(23)18-13-15(3)19(24-18)16-7-5-4-6-8-16/h4-8,13-14,17H,9-12H2,1-3H3,(H,21,23). The molecule has 1 saturated heterocycles. The molecule has 1 N–H and O–H groups in total. The number of carbonyl (C=O) groups is 1. The number of nitrogens with zero attached hydrogens (tertiary/aromatic N) is 1. The third-order valence-corrected chi connectivity index (χ3v) is 6.06. The van der Waals surface area contributed by atoms with Crippen molar-refractivity contribution in [3.63, 3.8) is 0 Å². The molecule has 1 aromatic carbocycles. The summed E-state index contributed by atoms with van der Waals surface area (Å²) in [6.45, 7) is 8.69.